The van der Waals surface area contributed by atoms with Crippen LogP contribution >= 0.6 is 0 Å². The number of benzene rings is 1. The molecule has 2 bridgehead atoms. The molecule has 4 nitrogen and oxygen atoms in total. The van der Waals surface area contributed by atoms with Gasteiger partial charge in [-0.15, -0.1) is 0 Å². The summed E-state index contributed by atoms with van der Waals surface area (Å²) in [6.07, 6.45) is 8.12. The molecule has 1 aromatic carbocycles. The monoisotopic (exact) mass is 242 g/mol. The number of allylic oxidation sites excluding steroid dienone is 2. The van der Waals surface area contributed by atoms with Crippen LogP contribution in [0.2, 0.25) is 0 Å². The van der Waals surface area contributed by atoms with Gasteiger partial charge >= 0.3 is 0 Å². The van der Waals surface area contributed by atoms with Gasteiger partial charge in [-0.05, 0) is 17.2 Å². The molecule has 0 heterocycles. The Morgan fingerprint density at radius 2 is 1.72 bits per heavy atom. The molecule has 0 atom stereocenters. The molecular weight excluding hydrogens is 228 g/mol. The summed E-state index contributed by atoms with van der Waals surface area (Å²) in [6.45, 7) is 0. The molecule has 0 saturated heterocycles. The maximum absolute atomic E-state index is 10.9. The molecule has 0 fully saturated rings. The fourth-order valence-corrected chi connectivity index (χ4v) is 2.15. The van der Waals surface area contributed by atoms with Crippen molar-refractivity contribution in [3.8, 4) is 0 Å². The van der Waals surface area contributed by atoms with Crippen LogP contribution in [-0.2, 0) is 0 Å². The van der Waals surface area contributed by atoms with E-state index in [1.54, 1.807) is 18.2 Å². The van der Waals surface area contributed by atoms with Crippen LogP contribution in [0.5, 0.6) is 0 Å². The van der Waals surface area contributed by atoms with Gasteiger partial charge in [0.15, 0.2) is 0 Å². The van der Waals surface area contributed by atoms with Gasteiger partial charge < -0.3 is 5.32 Å². The zero-order chi connectivity index (χ0) is 11.8. The molecular formula is C14H14N2O2. The van der Waals surface area contributed by atoms with Crippen LogP contribution in [0.4, 0.5) is 11.4 Å². The zero-order valence-electron chi connectivity index (χ0n) is 8.96. The maximum Gasteiger partial charge on any atom is 0.292 e. The SMILES string of the molecule is C.O=[N+]([O-])c1ccccc1NC1C2=CC=C1C=C2. The Morgan fingerprint density at radius 1 is 1.11 bits per heavy atom. The molecule has 0 unspecified atom stereocenters. The average molecular weight is 242 g/mol. The molecule has 2 aliphatic carbocycles. The Balaban J connectivity index is 0.00000120. The maximum atomic E-state index is 10.9. The first kappa shape index (κ1) is 12.1. The summed E-state index contributed by atoms with van der Waals surface area (Å²) in [6, 6.07) is 6.77. The van der Waals surface area contributed by atoms with Crippen molar-refractivity contribution in [1.29, 1.82) is 0 Å². The Labute approximate surface area is 105 Å². The number of nitrogens with one attached hydrogen (secondary N) is 1. The molecule has 18 heavy (non-hydrogen) atoms. The Bertz CT molecular complexity index is 563. The number of hydrogen-bond acceptors (Lipinski definition) is 3. The van der Waals surface area contributed by atoms with Gasteiger partial charge in [0, 0.05) is 6.07 Å². The van der Waals surface area contributed by atoms with Gasteiger partial charge in [-0.25, -0.2) is 0 Å². The lowest BCUT2D eigenvalue weighted by molar-refractivity contribution is -0.384. The minimum atomic E-state index is -0.366. The second-order valence-electron chi connectivity index (χ2n) is 4.02. The first-order valence-electron chi connectivity index (χ1n) is 5.35. The molecule has 2 aliphatic rings. The number of rotatable bonds is 3. The summed E-state index contributed by atoms with van der Waals surface area (Å²) in [5, 5.41) is 14.1. The standard InChI is InChI=1S/C13H10N2O2.CH4/c16-15(17)12-4-2-1-3-11(12)14-13-9-5-6-10(13)8-7-9;/h1-8,13-14H;1H4. The Hall–Kier alpha value is -2.36. The van der Waals surface area contributed by atoms with Crippen molar-refractivity contribution in [2.45, 2.75) is 13.5 Å². The van der Waals surface area contributed by atoms with Crippen molar-refractivity contribution in [3.05, 3.63) is 69.8 Å². The number of hydrogen-bond donors (Lipinski definition) is 1. The highest BCUT2D eigenvalue weighted by atomic mass is 16.6. The van der Waals surface area contributed by atoms with Crippen LogP contribution in [0.1, 0.15) is 7.43 Å². The fourth-order valence-electron chi connectivity index (χ4n) is 2.15. The molecule has 0 aromatic heterocycles. The van der Waals surface area contributed by atoms with Gasteiger partial charge in [0.1, 0.15) is 5.69 Å². The highest BCUT2D eigenvalue weighted by Crippen LogP contribution is 2.34. The Morgan fingerprint density at radius 3 is 2.28 bits per heavy atom. The van der Waals surface area contributed by atoms with E-state index in [1.807, 2.05) is 24.3 Å². The second-order valence-corrected chi connectivity index (χ2v) is 4.02. The number of nitro groups is 1. The molecule has 1 aromatic rings. The summed E-state index contributed by atoms with van der Waals surface area (Å²) in [5.74, 6) is 0. The minimum absolute atomic E-state index is 0. The van der Waals surface area contributed by atoms with E-state index >= 15 is 0 Å². The van der Waals surface area contributed by atoms with Crippen molar-refractivity contribution in [3.63, 3.8) is 0 Å². The van der Waals surface area contributed by atoms with Gasteiger partial charge in [-0.2, -0.15) is 0 Å². The van der Waals surface area contributed by atoms with Crippen molar-refractivity contribution < 1.29 is 4.92 Å². The van der Waals surface area contributed by atoms with E-state index in [0.29, 0.717) is 5.69 Å². The lowest BCUT2D eigenvalue weighted by Crippen LogP contribution is -2.18. The van der Waals surface area contributed by atoms with Gasteiger partial charge in [0.2, 0.25) is 0 Å². The van der Waals surface area contributed by atoms with Gasteiger partial charge in [0.25, 0.3) is 5.69 Å². The summed E-state index contributed by atoms with van der Waals surface area (Å²) in [4.78, 5) is 10.5. The van der Waals surface area contributed by atoms with Gasteiger partial charge in [-0.1, -0.05) is 43.9 Å². The molecule has 92 valence electrons. The topological polar surface area (TPSA) is 55.2 Å². The average Bonchev–Trinajstić information content (AvgIpc) is 2.89. The van der Waals surface area contributed by atoms with Crippen LogP contribution in [-0.4, -0.2) is 11.0 Å². The number of nitro benzene ring substituents is 1. The summed E-state index contributed by atoms with van der Waals surface area (Å²) in [7, 11) is 0. The molecule has 1 N–H and O–H groups in total. The second kappa shape index (κ2) is 4.49. The van der Waals surface area contributed by atoms with Crippen LogP contribution in [0, 0.1) is 10.1 Å². The highest BCUT2D eigenvalue weighted by Gasteiger charge is 2.26. The van der Waals surface area contributed by atoms with E-state index in [9.17, 15) is 10.1 Å². The molecule has 0 saturated carbocycles. The zero-order valence-corrected chi connectivity index (χ0v) is 8.96. The van der Waals surface area contributed by atoms with Crippen LogP contribution in [0.15, 0.2) is 59.7 Å². The van der Waals surface area contributed by atoms with E-state index in [1.165, 1.54) is 6.07 Å². The first-order chi connectivity index (χ1) is 8.25. The van der Waals surface area contributed by atoms with E-state index < -0.39 is 0 Å². The van der Waals surface area contributed by atoms with E-state index in [0.717, 1.165) is 11.1 Å². The van der Waals surface area contributed by atoms with Crippen LogP contribution in [0.25, 0.3) is 0 Å². The third kappa shape index (κ3) is 1.82. The van der Waals surface area contributed by atoms with Crippen molar-refractivity contribution in [1.82, 2.24) is 0 Å². The quantitative estimate of drug-likeness (QED) is 0.652. The lowest BCUT2D eigenvalue weighted by Gasteiger charge is -2.14. The van der Waals surface area contributed by atoms with E-state index in [2.05, 4.69) is 5.32 Å². The van der Waals surface area contributed by atoms with Crippen molar-refractivity contribution >= 4 is 11.4 Å². The highest BCUT2D eigenvalue weighted by molar-refractivity contribution is 5.68. The number of nitrogens with zero attached hydrogens (tertiary/aromatic N) is 1. The summed E-state index contributed by atoms with van der Waals surface area (Å²) >= 11 is 0. The largest absolute Gasteiger partial charge is 0.369 e. The first-order valence-corrected chi connectivity index (χ1v) is 5.35. The normalized spacial score (nSPS) is 16.0. The molecule has 0 amide bonds. The summed E-state index contributed by atoms with van der Waals surface area (Å²) in [5.41, 5.74) is 2.97. The van der Waals surface area contributed by atoms with Gasteiger partial charge in [-0.3, -0.25) is 10.1 Å². The summed E-state index contributed by atoms with van der Waals surface area (Å²) < 4.78 is 0. The number of fused-ring (bicyclic) bond motifs is 2. The fraction of sp³-hybridized carbons (Fsp3) is 0.143. The predicted octanol–water partition coefficient (Wildman–Crippen LogP) is 3.45. The lowest BCUT2D eigenvalue weighted by atomic mass is 10.1. The van der Waals surface area contributed by atoms with Crippen LogP contribution in [0.3, 0.4) is 0 Å². The van der Waals surface area contributed by atoms with Crippen LogP contribution < -0.4 is 5.32 Å². The molecule has 0 aliphatic heterocycles. The predicted molar refractivity (Wildman–Crippen MR) is 72.5 cm³/mol. The molecule has 3 rings (SSSR count). The molecule has 4 heteroatoms. The minimum Gasteiger partial charge on any atom is -0.369 e. The van der Waals surface area contributed by atoms with Crippen molar-refractivity contribution in [2.75, 3.05) is 5.32 Å². The van der Waals surface area contributed by atoms with Gasteiger partial charge in [0.05, 0.1) is 11.0 Å². The van der Waals surface area contributed by atoms with E-state index in [-0.39, 0.29) is 24.1 Å². The third-order valence-corrected chi connectivity index (χ3v) is 3.00. The number of para-hydroxylation sites is 2. The number of anilines is 1. The smallest absolute Gasteiger partial charge is 0.292 e. The molecule has 0 spiro atoms. The van der Waals surface area contributed by atoms with Crippen molar-refractivity contribution in [2.24, 2.45) is 0 Å². The van der Waals surface area contributed by atoms with E-state index in [4.69, 9.17) is 0 Å². The third-order valence-electron chi connectivity index (χ3n) is 3.00. The molecule has 0 radical (unpaired) electrons. The Kier molecular flexibility index (Phi) is 3.02.